The van der Waals surface area contributed by atoms with E-state index < -0.39 is 15.6 Å². The van der Waals surface area contributed by atoms with Crippen molar-refractivity contribution in [1.82, 2.24) is 14.2 Å². The van der Waals surface area contributed by atoms with Crippen molar-refractivity contribution in [3.63, 3.8) is 0 Å². The molecule has 1 aromatic carbocycles. The van der Waals surface area contributed by atoms with Crippen molar-refractivity contribution in [1.29, 1.82) is 0 Å². The molecule has 3 heterocycles. The Morgan fingerprint density at radius 3 is 2.77 bits per heavy atom. The van der Waals surface area contributed by atoms with E-state index >= 15 is 0 Å². The number of hydrogen-bond acceptors (Lipinski definition) is 6. The average Bonchev–Trinajstić information content (AvgIpc) is 3.19. The number of carbonyl (C=O) groups excluding carboxylic acids is 1. The number of oxazole rings is 1. The Balaban J connectivity index is 1.66. The van der Waals surface area contributed by atoms with Gasteiger partial charge in [0.25, 0.3) is 5.91 Å². The Morgan fingerprint density at radius 1 is 1.27 bits per heavy atom. The Hall–Kier alpha value is -2.39. The Bertz CT molecular complexity index is 970. The molecule has 4 rings (SSSR count). The van der Waals surface area contributed by atoms with Crippen molar-refractivity contribution in [3.05, 3.63) is 42.1 Å². The van der Waals surface area contributed by atoms with E-state index in [1.54, 1.807) is 30.0 Å². The standard InChI is InChI=1S/C17H19N3O5S/c1-12-15(24-11-18-12)16(21)20-8-7-17(10-20)9-19(2)26(22,23)14-6-4-3-5-13(14)25-17/h3-6,11H,7-10H2,1-2H3/t17-/m0/s1. The van der Waals surface area contributed by atoms with E-state index in [0.29, 0.717) is 24.4 Å². The molecule has 1 saturated heterocycles. The fourth-order valence-electron chi connectivity index (χ4n) is 3.55. The maximum atomic E-state index is 12.8. The molecule has 9 heteroatoms. The highest BCUT2D eigenvalue weighted by molar-refractivity contribution is 7.89. The second-order valence-corrected chi connectivity index (χ2v) is 8.75. The van der Waals surface area contributed by atoms with Crippen LogP contribution in [0.1, 0.15) is 22.7 Å². The number of para-hydroxylation sites is 1. The van der Waals surface area contributed by atoms with Crippen LogP contribution >= 0.6 is 0 Å². The van der Waals surface area contributed by atoms with Crippen LogP contribution in [0.5, 0.6) is 5.75 Å². The number of nitrogens with zero attached hydrogens (tertiary/aromatic N) is 3. The number of benzene rings is 1. The summed E-state index contributed by atoms with van der Waals surface area (Å²) in [6.07, 6.45) is 1.77. The van der Waals surface area contributed by atoms with Crippen LogP contribution in [0.3, 0.4) is 0 Å². The van der Waals surface area contributed by atoms with Gasteiger partial charge in [-0.25, -0.2) is 13.4 Å². The van der Waals surface area contributed by atoms with Gasteiger partial charge in [-0.15, -0.1) is 0 Å². The third-order valence-electron chi connectivity index (χ3n) is 4.92. The molecule has 26 heavy (non-hydrogen) atoms. The fraction of sp³-hybridized carbons (Fsp3) is 0.412. The van der Waals surface area contributed by atoms with Crippen molar-refractivity contribution in [3.8, 4) is 5.75 Å². The first-order valence-corrected chi connectivity index (χ1v) is 9.70. The van der Waals surface area contributed by atoms with Gasteiger partial charge in [-0.05, 0) is 19.1 Å². The van der Waals surface area contributed by atoms with Crippen LogP contribution in [0.15, 0.2) is 40.0 Å². The number of likely N-dealkylation sites (tertiary alicyclic amines) is 1. The zero-order valence-electron chi connectivity index (χ0n) is 14.5. The van der Waals surface area contributed by atoms with Gasteiger partial charge in [0.15, 0.2) is 6.39 Å². The monoisotopic (exact) mass is 377 g/mol. The minimum atomic E-state index is -3.63. The van der Waals surface area contributed by atoms with Gasteiger partial charge in [-0.2, -0.15) is 4.31 Å². The molecule has 2 aromatic rings. The van der Waals surface area contributed by atoms with E-state index in [2.05, 4.69) is 4.98 Å². The van der Waals surface area contributed by atoms with Crippen LogP contribution in [0.4, 0.5) is 0 Å². The van der Waals surface area contributed by atoms with E-state index in [1.807, 2.05) is 0 Å². The van der Waals surface area contributed by atoms with Crippen molar-refractivity contribution in [2.24, 2.45) is 0 Å². The molecule has 1 atom stereocenters. The molecule has 0 radical (unpaired) electrons. The summed E-state index contributed by atoms with van der Waals surface area (Å²) >= 11 is 0. The lowest BCUT2D eigenvalue weighted by molar-refractivity contribution is 0.0529. The van der Waals surface area contributed by atoms with E-state index in [-0.39, 0.29) is 29.7 Å². The molecular formula is C17H19N3O5S. The number of aryl methyl sites for hydroxylation is 1. The number of hydrogen-bond donors (Lipinski definition) is 0. The van der Waals surface area contributed by atoms with Crippen molar-refractivity contribution in [2.45, 2.75) is 23.8 Å². The van der Waals surface area contributed by atoms with Crippen LogP contribution in [0, 0.1) is 6.92 Å². The van der Waals surface area contributed by atoms with Gasteiger partial charge in [0.05, 0.1) is 18.8 Å². The molecule has 0 N–H and O–H groups in total. The number of aromatic nitrogens is 1. The smallest absolute Gasteiger partial charge is 0.291 e. The van der Waals surface area contributed by atoms with Gasteiger partial charge in [-0.3, -0.25) is 4.79 Å². The second-order valence-electron chi connectivity index (χ2n) is 6.74. The van der Waals surface area contributed by atoms with Crippen LogP contribution < -0.4 is 4.74 Å². The van der Waals surface area contributed by atoms with Crippen molar-refractivity contribution in [2.75, 3.05) is 26.7 Å². The average molecular weight is 377 g/mol. The largest absolute Gasteiger partial charge is 0.483 e. The van der Waals surface area contributed by atoms with Crippen LogP contribution in [-0.2, 0) is 10.0 Å². The molecule has 2 aliphatic rings. The van der Waals surface area contributed by atoms with Gasteiger partial charge in [0.1, 0.15) is 16.2 Å². The third-order valence-corrected chi connectivity index (χ3v) is 6.76. The quantitative estimate of drug-likeness (QED) is 0.743. The lowest BCUT2D eigenvalue weighted by atomic mass is 10.0. The van der Waals surface area contributed by atoms with E-state index in [9.17, 15) is 13.2 Å². The highest BCUT2D eigenvalue weighted by Crippen LogP contribution is 2.38. The minimum Gasteiger partial charge on any atom is -0.483 e. The number of fused-ring (bicyclic) bond motifs is 1. The van der Waals surface area contributed by atoms with Crippen LogP contribution in [-0.4, -0.2) is 60.8 Å². The molecule has 2 aliphatic heterocycles. The molecule has 0 unspecified atom stereocenters. The van der Waals surface area contributed by atoms with Crippen molar-refractivity contribution >= 4 is 15.9 Å². The molecule has 8 nitrogen and oxygen atoms in total. The van der Waals surface area contributed by atoms with Crippen molar-refractivity contribution < 1.29 is 22.4 Å². The van der Waals surface area contributed by atoms with E-state index in [1.165, 1.54) is 23.8 Å². The summed E-state index contributed by atoms with van der Waals surface area (Å²) in [7, 11) is -2.10. The molecule has 1 fully saturated rings. The first-order chi connectivity index (χ1) is 12.3. The lowest BCUT2D eigenvalue weighted by Crippen LogP contribution is -2.48. The summed E-state index contributed by atoms with van der Waals surface area (Å²) < 4.78 is 38.2. The van der Waals surface area contributed by atoms with Gasteiger partial charge in [-0.1, -0.05) is 12.1 Å². The molecule has 0 saturated carbocycles. The number of rotatable bonds is 1. The Morgan fingerprint density at radius 2 is 2.04 bits per heavy atom. The first kappa shape index (κ1) is 17.0. The van der Waals surface area contributed by atoms with E-state index in [0.717, 1.165) is 0 Å². The summed E-state index contributed by atoms with van der Waals surface area (Å²) in [4.78, 5) is 18.4. The topological polar surface area (TPSA) is 93.0 Å². The molecule has 1 aromatic heterocycles. The van der Waals surface area contributed by atoms with Gasteiger partial charge in [0.2, 0.25) is 15.8 Å². The zero-order valence-corrected chi connectivity index (χ0v) is 15.3. The molecular weight excluding hydrogens is 358 g/mol. The molecule has 0 aliphatic carbocycles. The predicted octanol–water partition coefficient (Wildman–Crippen LogP) is 1.28. The normalized spacial score (nSPS) is 24.9. The third kappa shape index (κ3) is 2.58. The highest BCUT2D eigenvalue weighted by atomic mass is 32.2. The van der Waals surface area contributed by atoms with Crippen LogP contribution in [0.2, 0.25) is 0 Å². The Kier molecular flexibility index (Phi) is 3.81. The first-order valence-electron chi connectivity index (χ1n) is 8.26. The predicted molar refractivity (Wildman–Crippen MR) is 91.4 cm³/mol. The maximum Gasteiger partial charge on any atom is 0.291 e. The van der Waals surface area contributed by atoms with E-state index in [4.69, 9.17) is 9.15 Å². The molecule has 1 spiro atoms. The number of likely N-dealkylation sites (N-methyl/N-ethyl adjacent to an activating group) is 1. The molecule has 1 amide bonds. The summed E-state index contributed by atoms with van der Waals surface area (Å²) in [5.74, 6) is 0.266. The molecule has 0 bridgehead atoms. The van der Waals surface area contributed by atoms with Gasteiger partial charge >= 0.3 is 0 Å². The summed E-state index contributed by atoms with van der Waals surface area (Å²) in [5, 5.41) is 0. The number of amides is 1. The SMILES string of the molecule is Cc1ncoc1C(=O)N1CC[C@@]2(C1)CN(C)S(=O)(=O)c1ccccc1O2. The minimum absolute atomic E-state index is 0.148. The van der Waals surface area contributed by atoms with Gasteiger partial charge < -0.3 is 14.1 Å². The maximum absolute atomic E-state index is 12.8. The number of ether oxygens (including phenoxy) is 1. The molecule has 138 valence electrons. The highest BCUT2D eigenvalue weighted by Gasteiger charge is 2.48. The van der Waals surface area contributed by atoms with Crippen LogP contribution in [0.25, 0.3) is 0 Å². The zero-order chi connectivity index (χ0) is 18.5. The Labute approximate surface area is 151 Å². The number of carbonyl (C=O) groups is 1. The van der Waals surface area contributed by atoms with Gasteiger partial charge in [0, 0.05) is 20.0 Å². The summed E-state index contributed by atoms with van der Waals surface area (Å²) in [6, 6.07) is 6.60. The second kappa shape index (κ2) is 5.82. The fourth-order valence-corrected chi connectivity index (χ4v) is 4.91. The number of sulfonamides is 1. The lowest BCUT2D eigenvalue weighted by Gasteiger charge is -2.30. The summed E-state index contributed by atoms with van der Waals surface area (Å²) in [6.45, 7) is 2.61. The summed E-state index contributed by atoms with van der Waals surface area (Å²) in [5.41, 5.74) is -0.263.